The molecule has 0 unspecified atom stereocenters. The number of hydrogen-bond acceptors (Lipinski definition) is 4. The van der Waals surface area contributed by atoms with Crippen molar-refractivity contribution in [1.82, 2.24) is 10.9 Å². The zero-order chi connectivity index (χ0) is 14.5. The van der Waals surface area contributed by atoms with Crippen LogP contribution < -0.4 is 10.9 Å². The maximum Gasteiger partial charge on any atom is 0.249 e. The number of halogens is 1. The van der Waals surface area contributed by atoms with Gasteiger partial charge in [-0.3, -0.25) is 9.59 Å². The van der Waals surface area contributed by atoms with Gasteiger partial charge in [-0.1, -0.05) is 28.1 Å². The molecule has 7 heteroatoms. The number of hydrogen-bond donors (Lipinski definition) is 2. The van der Waals surface area contributed by atoms with Gasteiger partial charge in [-0.2, -0.15) is 10.2 Å². The molecule has 0 aromatic heterocycles. The van der Waals surface area contributed by atoms with E-state index in [4.69, 9.17) is 0 Å². The number of hydrazone groups is 2. The second kappa shape index (κ2) is 6.42. The molecule has 0 saturated carbocycles. The molecule has 2 N–H and O–H groups in total. The minimum absolute atomic E-state index is 0.0387. The lowest BCUT2D eigenvalue weighted by atomic mass is 10.0. The topological polar surface area (TPSA) is 82.9 Å². The summed E-state index contributed by atoms with van der Waals surface area (Å²) in [5.41, 5.74) is 6.21. The van der Waals surface area contributed by atoms with Gasteiger partial charge in [0.05, 0.1) is 12.1 Å². The van der Waals surface area contributed by atoms with E-state index in [0.29, 0.717) is 5.71 Å². The average Bonchev–Trinajstić information content (AvgIpc) is 2.71. The third-order valence-electron chi connectivity index (χ3n) is 2.80. The van der Waals surface area contributed by atoms with E-state index in [-0.39, 0.29) is 18.2 Å². The molecule has 1 aromatic carbocycles. The molecule has 1 heterocycles. The van der Waals surface area contributed by atoms with E-state index in [1.54, 1.807) is 13.1 Å². The average molecular weight is 337 g/mol. The third-order valence-corrected chi connectivity index (χ3v) is 3.30. The van der Waals surface area contributed by atoms with Crippen LogP contribution in [-0.2, 0) is 9.59 Å². The van der Waals surface area contributed by atoms with Crippen molar-refractivity contribution in [2.75, 3.05) is 0 Å². The number of carbonyl (C=O) groups is 2. The van der Waals surface area contributed by atoms with Crippen LogP contribution in [0.15, 0.2) is 38.9 Å². The summed E-state index contributed by atoms with van der Waals surface area (Å²) in [4.78, 5) is 23.1. The number of amides is 2. The second-order valence-electron chi connectivity index (χ2n) is 4.33. The SMILES string of the molecule is CC1=NNC(=O)[C@H]1CC(=O)N/N=C\c1cccc(Br)c1. The lowest BCUT2D eigenvalue weighted by Gasteiger charge is -2.05. The predicted octanol–water partition coefficient (Wildman–Crippen LogP) is 1.41. The molecule has 2 rings (SSSR count). The van der Waals surface area contributed by atoms with E-state index in [2.05, 4.69) is 37.0 Å². The highest BCUT2D eigenvalue weighted by Gasteiger charge is 2.28. The Morgan fingerprint density at radius 2 is 2.40 bits per heavy atom. The molecule has 0 fully saturated rings. The van der Waals surface area contributed by atoms with Crippen molar-refractivity contribution in [3.8, 4) is 0 Å². The summed E-state index contributed by atoms with van der Waals surface area (Å²) >= 11 is 3.35. The van der Waals surface area contributed by atoms with Crippen LogP contribution in [0.4, 0.5) is 0 Å². The zero-order valence-corrected chi connectivity index (χ0v) is 12.3. The molecule has 0 bridgehead atoms. The quantitative estimate of drug-likeness (QED) is 0.643. The Labute approximate surface area is 124 Å². The standard InChI is InChI=1S/C13H13BrN4O2/c1-8-11(13(20)18-16-8)6-12(19)17-15-7-9-3-2-4-10(14)5-9/h2-5,7,11H,6H2,1H3,(H,17,19)(H,18,20)/b15-7-/t11-/m0/s1. The molecular weight excluding hydrogens is 324 g/mol. The van der Waals surface area contributed by atoms with Crippen molar-refractivity contribution in [3.05, 3.63) is 34.3 Å². The first-order valence-electron chi connectivity index (χ1n) is 5.98. The van der Waals surface area contributed by atoms with E-state index in [1.807, 2.05) is 24.3 Å². The molecule has 0 aliphatic carbocycles. The fourth-order valence-corrected chi connectivity index (χ4v) is 2.14. The summed E-state index contributed by atoms with van der Waals surface area (Å²) in [5.74, 6) is -1.09. The summed E-state index contributed by atoms with van der Waals surface area (Å²) in [6.07, 6.45) is 1.58. The first-order valence-corrected chi connectivity index (χ1v) is 6.77. The van der Waals surface area contributed by atoms with Crippen LogP contribution >= 0.6 is 15.9 Å². The van der Waals surface area contributed by atoms with Crippen LogP contribution in [0.1, 0.15) is 18.9 Å². The monoisotopic (exact) mass is 336 g/mol. The van der Waals surface area contributed by atoms with Gasteiger partial charge in [-0.05, 0) is 24.6 Å². The molecule has 1 aliphatic rings. The van der Waals surface area contributed by atoms with Gasteiger partial charge in [0.15, 0.2) is 0 Å². The first kappa shape index (κ1) is 14.4. The van der Waals surface area contributed by atoms with Crippen molar-refractivity contribution < 1.29 is 9.59 Å². The van der Waals surface area contributed by atoms with Gasteiger partial charge in [0, 0.05) is 16.6 Å². The summed E-state index contributed by atoms with van der Waals surface area (Å²) in [5, 5.41) is 7.64. The van der Waals surface area contributed by atoms with Crippen molar-refractivity contribution in [2.45, 2.75) is 13.3 Å². The third kappa shape index (κ3) is 3.74. The number of carbonyl (C=O) groups excluding carboxylic acids is 2. The number of benzene rings is 1. The van der Waals surface area contributed by atoms with E-state index in [1.165, 1.54) is 0 Å². The van der Waals surface area contributed by atoms with E-state index < -0.39 is 5.92 Å². The highest BCUT2D eigenvalue weighted by Crippen LogP contribution is 2.11. The number of nitrogens with zero attached hydrogens (tertiary/aromatic N) is 2. The van der Waals surface area contributed by atoms with Crippen LogP contribution in [0.25, 0.3) is 0 Å². The van der Waals surface area contributed by atoms with Crippen LogP contribution in [0.2, 0.25) is 0 Å². The van der Waals surface area contributed by atoms with Crippen molar-refractivity contribution >= 4 is 39.7 Å². The highest BCUT2D eigenvalue weighted by molar-refractivity contribution is 9.10. The fourth-order valence-electron chi connectivity index (χ4n) is 1.73. The molecular formula is C13H13BrN4O2. The Morgan fingerprint density at radius 1 is 1.60 bits per heavy atom. The van der Waals surface area contributed by atoms with Gasteiger partial charge in [0.2, 0.25) is 11.8 Å². The van der Waals surface area contributed by atoms with Gasteiger partial charge in [0.25, 0.3) is 0 Å². The summed E-state index contributed by atoms with van der Waals surface area (Å²) < 4.78 is 0.933. The van der Waals surface area contributed by atoms with E-state index in [9.17, 15) is 9.59 Å². The molecule has 0 radical (unpaired) electrons. The highest BCUT2D eigenvalue weighted by atomic mass is 79.9. The lowest BCUT2D eigenvalue weighted by Crippen LogP contribution is -2.29. The predicted molar refractivity (Wildman–Crippen MR) is 79.2 cm³/mol. The number of nitrogens with one attached hydrogen (secondary N) is 2. The number of rotatable bonds is 4. The second-order valence-corrected chi connectivity index (χ2v) is 5.25. The zero-order valence-electron chi connectivity index (χ0n) is 10.8. The van der Waals surface area contributed by atoms with Crippen molar-refractivity contribution in [1.29, 1.82) is 0 Å². The smallest absolute Gasteiger partial charge is 0.249 e. The Bertz CT molecular complexity index is 598. The van der Waals surface area contributed by atoms with E-state index >= 15 is 0 Å². The minimum Gasteiger partial charge on any atom is -0.273 e. The maximum atomic E-state index is 11.7. The summed E-state index contributed by atoms with van der Waals surface area (Å²) in [6, 6.07) is 7.51. The van der Waals surface area contributed by atoms with Gasteiger partial charge in [-0.15, -0.1) is 0 Å². The maximum absolute atomic E-state index is 11.7. The van der Waals surface area contributed by atoms with Gasteiger partial charge < -0.3 is 0 Å². The first-order chi connectivity index (χ1) is 9.56. The largest absolute Gasteiger partial charge is 0.273 e. The van der Waals surface area contributed by atoms with Gasteiger partial charge in [0.1, 0.15) is 0 Å². The van der Waals surface area contributed by atoms with Gasteiger partial charge in [-0.25, -0.2) is 10.9 Å². The Balaban J connectivity index is 1.86. The summed E-state index contributed by atoms with van der Waals surface area (Å²) in [7, 11) is 0. The summed E-state index contributed by atoms with van der Waals surface area (Å²) in [6.45, 7) is 1.71. The van der Waals surface area contributed by atoms with Crippen molar-refractivity contribution in [2.24, 2.45) is 16.1 Å². The normalized spacial score (nSPS) is 18.0. The molecule has 2 amide bonds. The lowest BCUT2D eigenvalue weighted by molar-refractivity contribution is -0.127. The van der Waals surface area contributed by atoms with Gasteiger partial charge >= 0.3 is 0 Å². The molecule has 20 heavy (non-hydrogen) atoms. The Morgan fingerprint density at radius 3 is 3.05 bits per heavy atom. The van der Waals surface area contributed by atoms with E-state index in [0.717, 1.165) is 10.0 Å². The molecule has 1 atom stereocenters. The molecule has 6 nitrogen and oxygen atoms in total. The fraction of sp³-hybridized carbons (Fsp3) is 0.231. The minimum atomic E-state index is -0.504. The molecule has 0 saturated heterocycles. The van der Waals surface area contributed by atoms with Crippen molar-refractivity contribution in [3.63, 3.8) is 0 Å². The van der Waals surface area contributed by atoms with Crippen LogP contribution in [0.3, 0.4) is 0 Å². The Hall–Kier alpha value is -2.02. The Kier molecular flexibility index (Phi) is 4.62. The van der Waals surface area contributed by atoms with Crippen LogP contribution in [0.5, 0.6) is 0 Å². The molecule has 0 spiro atoms. The van der Waals surface area contributed by atoms with Crippen LogP contribution in [0, 0.1) is 5.92 Å². The molecule has 1 aliphatic heterocycles. The van der Waals surface area contributed by atoms with Crippen LogP contribution in [-0.4, -0.2) is 23.7 Å². The molecule has 1 aromatic rings. The molecule has 104 valence electrons.